The molecule has 2 amide bonds. The number of nitriles is 1. The lowest BCUT2D eigenvalue weighted by Crippen LogP contribution is -2.35. The standard InChI is InChI=1S/C21H20FN3O2/c1-12(2)19(20-13(3)17-10-15(22)7-8-18(17)27-20)25-21(26)24-16-6-4-5-14(9-16)11-23/h4-10,12,19H,1-3H3,(H2,24,25,26). The topological polar surface area (TPSA) is 78.1 Å². The molecule has 138 valence electrons. The van der Waals surface area contributed by atoms with Crippen LogP contribution in [0.2, 0.25) is 0 Å². The van der Waals surface area contributed by atoms with E-state index in [4.69, 9.17) is 9.68 Å². The van der Waals surface area contributed by atoms with E-state index in [2.05, 4.69) is 10.6 Å². The number of hydrogen-bond acceptors (Lipinski definition) is 3. The summed E-state index contributed by atoms with van der Waals surface area (Å²) in [7, 11) is 0. The van der Waals surface area contributed by atoms with Crippen LogP contribution < -0.4 is 10.6 Å². The molecule has 1 heterocycles. The zero-order valence-corrected chi connectivity index (χ0v) is 15.3. The van der Waals surface area contributed by atoms with E-state index in [-0.39, 0.29) is 17.8 Å². The Morgan fingerprint density at radius 2 is 2.00 bits per heavy atom. The van der Waals surface area contributed by atoms with Crippen LogP contribution in [0.1, 0.15) is 36.8 Å². The molecule has 5 nitrogen and oxygen atoms in total. The zero-order valence-electron chi connectivity index (χ0n) is 15.3. The summed E-state index contributed by atoms with van der Waals surface area (Å²) in [5, 5.41) is 15.3. The smallest absolute Gasteiger partial charge is 0.319 e. The van der Waals surface area contributed by atoms with Crippen molar-refractivity contribution in [2.75, 3.05) is 5.32 Å². The van der Waals surface area contributed by atoms with E-state index in [1.54, 1.807) is 30.3 Å². The predicted octanol–water partition coefficient (Wildman–Crippen LogP) is 5.27. The van der Waals surface area contributed by atoms with Crippen LogP contribution >= 0.6 is 0 Å². The van der Waals surface area contributed by atoms with Crippen molar-refractivity contribution in [1.82, 2.24) is 5.32 Å². The second-order valence-electron chi connectivity index (χ2n) is 6.74. The molecular weight excluding hydrogens is 345 g/mol. The summed E-state index contributed by atoms with van der Waals surface area (Å²) in [5.41, 5.74) is 2.37. The molecule has 3 rings (SSSR count). The Balaban J connectivity index is 1.85. The first-order chi connectivity index (χ1) is 12.9. The number of halogens is 1. The Hall–Kier alpha value is -3.33. The fraction of sp³-hybridized carbons (Fsp3) is 0.238. The molecule has 1 unspecified atom stereocenters. The van der Waals surface area contributed by atoms with Crippen LogP contribution in [-0.4, -0.2) is 6.03 Å². The Kier molecular flexibility index (Phi) is 5.13. The first-order valence-electron chi connectivity index (χ1n) is 8.65. The number of aryl methyl sites for hydroxylation is 1. The summed E-state index contributed by atoms with van der Waals surface area (Å²) in [5.74, 6) is 0.318. The maximum atomic E-state index is 13.6. The minimum Gasteiger partial charge on any atom is -0.459 e. The van der Waals surface area contributed by atoms with Crippen molar-refractivity contribution in [2.24, 2.45) is 5.92 Å². The molecule has 2 aromatic carbocycles. The number of rotatable bonds is 4. The normalized spacial score (nSPS) is 12.0. The number of carbonyl (C=O) groups excluding carboxylic acids is 1. The molecule has 0 aliphatic carbocycles. The highest BCUT2D eigenvalue weighted by Gasteiger charge is 2.25. The maximum absolute atomic E-state index is 13.6. The van der Waals surface area contributed by atoms with Gasteiger partial charge in [0.2, 0.25) is 0 Å². The van der Waals surface area contributed by atoms with E-state index < -0.39 is 6.03 Å². The van der Waals surface area contributed by atoms with E-state index in [0.29, 0.717) is 28.0 Å². The average Bonchev–Trinajstić information content (AvgIpc) is 2.95. The van der Waals surface area contributed by atoms with Crippen molar-refractivity contribution in [2.45, 2.75) is 26.8 Å². The molecular formula is C21H20FN3O2. The lowest BCUT2D eigenvalue weighted by molar-refractivity contribution is 0.241. The van der Waals surface area contributed by atoms with Crippen molar-refractivity contribution < 1.29 is 13.6 Å². The molecule has 0 saturated heterocycles. The van der Waals surface area contributed by atoms with Crippen molar-refractivity contribution in [3.05, 3.63) is 65.2 Å². The van der Waals surface area contributed by atoms with Crippen LogP contribution in [0.5, 0.6) is 0 Å². The van der Waals surface area contributed by atoms with E-state index in [1.165, 1.54) is 12.1 Å². The summed E-state index contributed by atoms with van der Waals surface area (Å²) in [6.45, 7) is 5.79. The van der Waals surface area contributed by atoms with Gasteiger partial charge in [0, 0.05) is 16.6 Å². The van der Waals surface area contributed by atoms with Crippen molar-refractivity contribution in [3.63, 3.8) is 0 Å². The highest BCUT2D eigenvalue weighted by molar-refractivity contribution is 5.90. The number of anilines is 1. The molecule has 0 spiro atoms. The van der Waals surface area contributed by atoms with Crippen molar-refractivity contribution in [1.29, 1.82) is 5.26 Å². The van der Waals surface area contributed by atoms with Gasteiger partial charge in [-0.3, -0.25) is 0 Å². The van der Waals surface area contributed by atoms with Gasteiger partial charge in [0.25, 0.3) is 0 Å². The summed E-state index contributed by atoms with van der Waals surface area (Å²) in [6, 6.07) is 12.3. The summed E-state index contributed by atoms with van der Waals surface area (Å²) < 4.78 is 19.5. The Bertz CT molecular complexity index is 1030. The minimum atomic E-state index is -0.408. The van der Waals surface area contributed by atoms with E-state index >= 15 is 0 Å². The van der Waals surface area contributed by atoms with Gasteiger partial charge < -0.3 is 15.1 Å². The van der Waals surface area contributed by atoms with Gasteiger partial charge in [-0.05, 0) is 49.2 Å². The summed E-state index contributed by atoms with van der Waals surface area (Å²) in [6.07, 6.45) is 0. The van der Waals surface area contributed by atoms with Gasteiger partial charge in [-0.2, -0.15) is 5.26 Å². The zero-order chi connectivity index (χ0) is 19.6. The fourth-order valence-electron chi connectivity index (χ4n) is 3.02. The lowest BCUT2D eigenvalue weighted by Gasteiger charge is -2.21. The predicted molar refractivity (Wildman–Crippen MR) is 102 cm³/mol. The third-order valence-electron chi connectivity index (χ3n) is 4.42. The van der Waals surface area contributed by atoms with Gasteiger partial charge in [-0.1, -0.05) is 19.9 Å². The molecule has 6 heteroatoms. The van der Waals surface area contributed by atoms with Gasteiger partial charge in [0.15, 0.2) is 0 Å². The van der Waals surface area contributed by atoms with Crippen molar-refractivity contribution in [3.8, 4) is 6.07 Å². The van der Waals surface area contributed by atoms with Crippen LogP contribution in [0.25, 0.3) is 11.0 Å². The molecule has 0 aliphatic rings. The number of benzene rings is 2. The Morgan fingerprint density at radius 1 is 1.22 bits per heavy atom. The number of urea groups is 1. The number of carbonyl (C=O) groups is 1. The minimum absolute atomic E-state index is 0.0466. The number of hydrogen-bond donors (Lipinski definition) is 2. The molecule has 1 atom stereocenters. The molecule has 0 radical (unpaired) electrons. The second-order valence-corrected chi connectivity index (χ2v) is 6.74. The average molecular weight is 365 g/mol. The number of furan rings is 1. The van der Waals surface area contributed by atoms with E-state index in [1.807, 2.05) is 26.8 Å². The molecule has 0 saturated carbocycles. The van der Waals surface area contributed by atoms with E-state index in [9.17, 15) is 9.18 Å². The quantitative estimate of drug-likeness (QED) is 0.661. The highest BCUT2D eigenvalue weighted by atomic mass is 19.1. The number of amides is 2. The van der Waals surface area contributed by atoms with E-state index in [0.717, 1.165) is 5.56 Å². The third-order valence-corrected chi connectivity index (χ3v) is 4.42. The van der Waals surface area contributed by atoms with Crippen LogP contribution in [0.15, 0.2) is 46.9 Å². The second kappa shape index (κ2) is 7.50. The van der Waals surface area contributed by atoms with Gasteiger partial charge >= 0.3 is 6.03 Å². The Labute approximate surface area is 156 Å². The van der Waals surface area contributed by atoms with Gasteiger partial charge in [-0.25, -0.2) is 9.18 Å². The molecule has 1 aromatic heterocycles. The summed E-state index contributed by atoms with van der Waals surface area (Å²) >= 11 is 0. The number of nitrogens with one attached hydrogen (secondary N) is 2. The molecule has 27 heavy (non-hydrogen) atoms. The van der Waals surface area contributed by atoms with Crippen LogP contribution in [0.4, 0.5) is 14.9 Å². The van der Waals surface area contributed by atoms with Crippen LogP contribution in [0, 0.1) is 30.0 Å². The summed E-state index contributed by atoms with van der Waals surface area (Å²) in [4.78, 5) is 12.5. The molecule has 2 N–H and O–H groups in total. The Morgan fingerprint density at radius 3 is 2.70 bits per heavy atom. The largest absolute Gasteiger partial charge is 0.459 e. The molecule has 3 aromatic rings. The number of fused-ring (bicyclic) bond motifs is 1. The third kappa shape index (κ3) is 3.93. The SMILES string of the molecule is Cc1c(C(NC(=O)Nc2cccc(C#N)c2)C(C)C)oc2ccc(F)cc12. The van der Waals surface area contributed by atoms with Crippen LogP contribution in [0.3, 0.4) is 0 Å². The van der Waals surface area contributed by atoms with Gasteiger partial charge in [0.05, 0.1) is 17.7 Å². The molecule has 0 fully saturated rings. The maximum Gasteiger partial charge on any atom is 0.319 e. The first-order valence-corrected chi connectivity index (χ1v) is 8.65. The monoisotopic (exact) mass is 365 g/mol. The molecule has 0 bridgehead atoms. The van der Waals surface area contributed by atoms with Gasteiger partial charge in [0.1, 0.15) is 17.2 Å². The highest BCUT2D eigenvalue weighted by Crippen LogP contribution is 2.33. The van der Waals surface area contributed by atoms with Crippen LogP contribution in [-0.2, 0) is 0 Å². The molecule has 0 aliphatic heterocycles. The van der Waals surface area contributed by atoms with Crippen molar-refractivity contribution >= 4 is 22.7 Å². The first kappa shape index (κ1) is 18.5. The fourth-order valence-corrected chi connectivity index (χ4v) is 3.02. The number of nitrogens with zero attached hydrogens (tertiary/aromatic N) is 1. The lowest BCUT2D eigenvalue weighted by atomic mass is 9.98. The van der Waals surface area contributed by atoms with Gasteiger partial charge in [-0.15, -0.1) is 0 Å².